The molecule has 5 nitrogen and oxygen atoms in total. The van der Waals surface area contributed by atoms with Crippen LogP contribution in [0.25, 0.3) is 27.9 Å². The SMILES string of the molecule is N#Cc1ccccc1-c1cc(-c2cc(Cl)cc(OCC3CCCC3)c2)c(=O)n(-c2cccnc2)c1. The van der Waals surface area contributed by atoms with Gasteiger partial charge in [-0.3, -0.25) is 14.3 Å². The molecule has 0 aliphatic heterocycles. The quantitative estimate of drug-likeness (QED) is 0.309. The Morgan fingerprint density at radius 3 is 2.63 bits per heavy atom. The first-order chi connectivity index (χ1) is 17.1. The lowest BCUT2D eigenvalue weighted by molar-refractivity contribution is 0.252. The van der Waals surface area contributed by atoms with Crippen LogP contribution in [0.3, 0.4) is 0 Å². The first-order valence-corrected chi connectivity index (χ1v) is 12.1. The maximum atomic E-state index is 13.7. The number of hydrogen-bond acceptors (Lipinski definition) is 4. The molecule has 0 amide bonds. The molecular weight excluding hydrogens is 458 g/mol. The van der Waals surface area contributed by atoms with E-state index < -0.39 is 0 Å². The third-order valence-electron chi connectivity index (χ3n) is 6.44. The fourth-order valence-corrected chi connectivity index (χ4v) is 4.87. The molecule has 0 atom stereocenters. The van der Waals surface area contributed by atoms with Crippen LogP contribution < -0.4 is 10.3 Å². The summed E-state index contributed by atoms with van der Waals surface area (Å²) in [6, 6.07) is 20.4. The number of ether oxygens (including phenoxy) is 1. The average molecular weight is 482 g/mol. The largest absolute Gasteiger partial charge is 0.493 e. The van der Waals surface area contributed by atoms with Crippen LogP contribution in [0.15, 0.2) is 84.0 Å². The Hall–Kier alpha value is -3.88. The molecule has 0 N–H and O–H groups in total. The highest BCUT2D eigenvalue weighted by Gasteiger charge is 2.18. The van der Waals surface area contributed by atoms with E-state index >= 15 is 0 Å². The van der Waals surface area contributed by atoms with Crippen molar-refractivity contribution in [3.8, 4) is 39.8 Å². The fraction of sp³-hybridized carbons (Fsp3) is 0.207. The molecule has 4 aromatic rings. The molecule has 0 spiro atoms. The van der Waals surface area contributed by atoms with Crippen molar-refractivity contribution in [3.63, 3.8) is 0 Å². The molecule has 6 heteroatoms. The molecule has 1 aliphatic carbocycles. The van der Waals surface area contributed by atoms with E-state index in [1.54, 1.807) is 47.4 Å². The van der Waals surface area contributed by atoms with E-state index in [-0.39, 0.29) is 5.56 Å². The maximum Gasteiger partial charge on any atom is 0.263 e. The highest BCUT2D eigenvalue weighted by Crippen LogP contribution is 2.32. The van der Waals surface area contributed by atoms with Crippen molar-refractivity contribution in [3.05, 3.63) is 100 Å². The summed E-state index contributed by atoms with van der Waals surface area (Å²) in [6.07, 6.45) is 9.92. The molecule has 5 rings (SSSR count). The van der Waals surface area contributed by atoms with Gasteiger partial charge in [-0.05, 0) is 66.8 Å². The van der Waals surface area contributed by atoms with Gasteiger partial charge in [-0.25, -0.2) is 0 Å². The molecule has 2 aromatic heterocycles. The summed E-state index contributed by atoms with van der Waals surface area (Å²) >= 11 is 6.47. The number of halogens is 1. The van der Waals surface area contributed by atoms with Gasteiger partial charge in [0.1, 0.15) is 5.75 Å². The molecule has 0 bridgehead atoms. The summed E-state index contributed by atoms with van der Waals surface area (Å²) in [4.78, 5) is 17.9. The zero-order chi connectivity index (χ0) is 24.2. The van der Waals surface area contributed by atoms with Crippen LogP contribution in [-0.4, -0.2) is 16.2 Å². The second-order valence-electron chi connectivity index (χ2n) is 8.82. The van der Waals surface area contributed by atoms with Gasteiger partial charge in [-0.2, -0.15) is 5.26 Å². The van der Waals surface area contributed by atoms with Gasteiger partial charge in [0.15, 0.2) is 0 Å². The third kappa shape index (κ3) is 4.99. The number of rotatable bonds is 6. The summed E-state index contributed by atoms with van der Waals surface area (Å²) in [6.45, 7) is 0.648. The average Bonchev–Trinajstić information content (AvgIpc) is 3.42. The van der Waals surface area contributed by atoms with E-state index in [0.717, 1.165) is 11.1 Å². The standard InChI is InChI=1S/C29H24ClN3O2/c30-24-12-22(13-26(15-24)35-19-20-6-1-2-7-20)28-14-23(27-10-4-3-8-21(27)16-31)18-33(29(28)34)25-9-5-11-32-17-25/h3-5,8-15,17-18,20H,1-2,6-7,19H2. The van der Waals surface area contributed by atoms with Gasteiger partial charge in [0.25, 0.3) is 5.56 Å². The lowest BCUT2D eigenvalue weighted by Gasteiger charge is -2.15. The Balaban J connectivity index is 1.64. The van der Waals surface area contributed by atoms with Gasteiger partial charge in [-0.15, -0.1) is 0 Å². The summed E-state index contributed by atoms with van der Waals surface area (Å²) in [5.74, 6) is 1.21. The van der Waals surface area contributed by atoms with Crippen LogP contribution >= 0.6 is 11.6 Å². The van der Waals surface area contributed by atoms with E-state index in [1.807, 2.05) is 36.4 Å². The third-order valence-corrected chi connectivity index (χ3v) is 6.66. The van der Waals surface area contributed by atoms with Crippen LogP contribution in [-0.2, 0) is 0 Å². The zero-order valence-corrected chi connectivity index (χ0v) is 19.9. The minimum absolute atomic E-state index is 0.208. The number of aromatic nitrogens is 2. The topological polar surface area (TPSA) is 67.9 Å². The fourth-order valence-electron chi connectivity index (χ4n) is 4.65. The molecule has 0 radical (unpaired) electrons. The summed E-state index contributed by atoms with van der Waals surface area (Å²) in [7, 11) is 0. The van der Waals surface area contributed by atoms with Gasteiger partial charge in [0.05, 0.1) is 30.1 Å². The van der Waals surface area contributed by atoms with E-state index in [4.69, 9.17) is 16.3 Å². The van der Waals surface area contributed by atoms with Crippen LogP contribution in [0.1, 0.15) is 31.2 Å². The molecule has 2 aromatic carbocycles. The second-order valence-corrected chi connectivity index (χ2v) is 9.26. The number of pyridine rings is 2. The molecule has 0 unspecified atom stereocenters. The van der Waals surface area contributed by atoms with E-state index in [1.165, 1.54) is 25.7 Å². The van der Waals surface area contributed by atoms with Gasteiger partial charge in [0.2, 0.25) is 0 Å². The van der Waals surface area contributed by atoms with Crippen molar-refractivity contribution in [2.45, 2.75) is 25.7 Å². The lowest BCUT2D eigenvalue weighted by Crippen LogP contribution is -2.20. The minimum Gasteiger partial charge on any atom is -0.493 e. The summed E-state index contributed by atoms with van der Waals surface area (Å²) in [5, 5.41) is 10.2. The highest BCUT2D eigenvalue weighted by molar-refractivity contribution is 6.31. The van der Waals surface area contributed by atoms with Crippen molar-refractivity contribution >= 4 is 11.6 Å². The molecule has 1 saturated carbocycles. The van der Waals surface area contributed by atoms with Gasteiger partial charge in [-0.1, -0.05) is 42.6 Å². The Kier molecular flexibility index (Phi) is 6.65. The normalized spacial score (nSPS) is 13.5. The smallest absolute Gasteiger partial charge is 0.263 e. The minimum atomic E-state index is -0.208. The molecule has 174 valence electrons. The first kappa shape index (κ1) is 22.9. The number of nitrogens with zero attached hydrogens (tertiary/aromatic N) is 3. The first-order valence-electron chi connectivity index (χ1n) is 11.7. The van der Waals surface area contributed by atoms with Crippen molar-refractivity contribution in [1.82, 2.24) is 9.55 Å². The van der Waals surface area contributed by atoms with Crippen molar-refractivity contribution in [2.75, 3.05) is 6.61 Å². The Labute approximate surface area is 209 Å². The van der Waals surface area contributed by atoms with Crippen molar-refractivity contribution in [1.29, 1.82) is 5.26 Å². The molecule has 35 heavy (non-hydrogen) atoms. The van der Waals surface area contributed by atoms with E-state index in [0.29, 0.717) is 45.7 Å². The number of benzene rings is 2. The summed E-state index contributed by atoms with van der Waals surface area (Å²) < 4.78 is 7.65. The predicted molar refractivity (Wildman–Crippen MR) is 138 cm³/mol. The Morgan fingerprint density at radius 1 is 1.03 bits per heavy atom. The van der Waals surface area contributed by atoms with Gasteiger partial charge < -0.3 is 4.74 Å². The van der Waals surface area contributed by atoms with Gasteiger partial charge in [0, 0.05) is 34.1 Å². The molecule has 1 aliphatic rings. The van der Waals surface area contributed by atoms with Crippen molar-refractivity contribution < 1.29 is 4.74 Å². The summed E-state index contributed by atoms with van der Waals surface area (Å²) in [5.41, 5.74) is 3.57. The van der Waals surface area contributed by atoms with Crippen LogP contribution in [0.2, 0.25) is 5.02 Å². The Bertz CT molecular complexity index is 1450. The van der Waals surface area contributed by atoms with Crippen molar-refractivity contribution in [2.24, 2.45) is 5.92 Å². The molecule has 0 saturated heterocycles. The predicted octanol–water partition coefficient (Wildman–Crippen LogP) is 6.66. The van der Waals surface area contributed by atoms with E-state index in [9.17, 15) is 10.1 Å². The zero-order valence-electron chi connectivity index (χ0n) is 19.2. The van der Waals surface area contributed by atoms with Crippen LogP contribution in [0.5, 0.6) is 5.75 Å². The number of hydrogen-bond donors (Lipinski definition) is 0. The maximum absolute atomic E-state index is 13.7. The number of nitriles is 1. The van der Waals surface area contributed by atoms with Crippen LogP contribution in [0.4, 0.5) is 0 Å². The molecular formula is C29H24ClN3O2. The highest BCUT2D eigenvalue weighted by atomic mass is 35.5. The lowest BCUT2D eigenvalue weighted by atomic mass is 9.98. The van der Waals surface area contributed by atoms with Crippen LogP contribution in [0, 0.1) is 17.2 Å². The second kappa shape index (κ2) is 10.2. The molecule has 2 heterocycles. The monoisotopic (exact) mass is 481 g/mol. The Morgan fingerprint density at radius 2 is 1.86 bits per heavy atom. The van der Waals surface area contributed by atoms with E-state index in [2.05, 4.69) is 11.1 Å². The van der Waals surface area contributed by atoms with Gasteiger partial charge >= 0.3 is 0 Å². The molecule has 1 fully saturated rings.